The number of amides is 1. The van der Waals surface area contributed by atoms with Crippen molar-refractivity contribution in [2.24, 2.45) is 0 Å². The molecule has 3 aromatic rings. The van der Waals surface area contributed by atoms with Gasteiger partial charge in [-0.1, -0.05) is 42.5 Å². The zero-order chi connectivity index (χ0) is 25.6. The first-order valence-electron chi connectivity index (χ1n) is 11.5. The average molecular weight is 472 g/mol. The van der Waals surface area contributed by atoms with E-state index in [1.807, 2.05) is 82.2 Å². The number of carbonyl (C=O) groups is 2. The number of hydrogen-bond donors (Lipinski definition) is 2. The van der Waals surface area contributed by atoms with Crippen molar-refractivity contribution in [3.8, 4) is 11.1 Å². The lowest BCUT2D eigenvalue weighted by molar-refractivity contribution is -0.148. The summed E-state index contributed by atoms with van der Waals surface area (Å²) in [6, 6.07) is 21.3. The number of esters is 1. The van der Waals surface area contributed by atoms with Gasteiger partial charge in [-0.05, 0) is 73.4 Å². The fraction of sp³-hybridized carbons (Fsp3) is 0.241. The molecule has 6 heteroatoms. The number of nitrogens with one attached hydrogen (secondary N) is 1. The molecule has 0 radical (unpaired) electrons. The molecule has 3 aromatic carbocycles. The summed E-state index contributed by atoms with van der Waals surface area (Å²) in [5.74, 6) is -0.549. The van der Waals surface area contributed by atoms with Crippen molar-refractivity contribution in [2.75, 3.05) is 30.0 Å². The highest BCUT2D eigenvalue weighted by Crippen LogP contribution is 2.28. The van der Waals surface area contributed by atoms with Crippen LogP contribution in [0.25, 0.3) is 17.2 Å². The van der Waals surface area contributed by atoms with Gasteiger partial charge in [-0.2, -0.15) is 0 Å². The Morgan fingerprint density at radius 1 is 0.943 bits per heavy atom. The van der Waals surface area contributed by atoms with Gasteiger partial charge in [-0.15, -0.1) is 0 Å². The summed E-state index contributed by atoms with van der Waals surface area (Å²) < 4.78 is 5.26. The maximum Gasteiger partial charge on any atom is 0.331 e. The van der Waals surface area contributed by atoms with Crippen LogP contribution in [0.5, 0.6) is 0 Å². The minimum Gasteiger partial charge on any atom is -0.457 e. The van der Waals surface area contributed by atoms with Crippen LogP contribution in [-0.4, -0.2) is 31.6 Å². The van der Waals surface area contributed by atoms with Crippen molar-refractivity contribution in [1.29, 1.82) is 0 Å². The number of benzene rings is 3. The Kier molecular flexibility index (Phi) is 7.97. The summed E-state index contributed by atoms with van der Waals surface area (Å²) >= 11 is 0. The predicted octanol–water partition coefficient (Wildman–Crippen LogP) is 5.54. The summed E-state index contributed by atoms with van der Waals surface area (Å²) in [5.41, 5.74) is 11.7. The van der Waals surface area contributed by atoms with E-state index in [4.69, 9.17) is 10.5 Å². The fourth-order valence-electron chi connectivity index (χ4n) is 3.43. The third-order valence-corrected chi connectivity index (χ3v) is 5.21. The molecule has 6 nitrogen and oxygen atoms in total. The minimum absolute atomic E-state index is 0.156. The fourth-order valence-corrected chi connectivity index (χ4v) is 3.43. The van der Waals surface area contributed by atoms with E-state index in [1.54, 1.807) is 6.08 Å². The van der Waals surface area contributed by atoms with Gasteiger partial charge in [0, 0.05) is 25.9 Å². The largest absolute Gasteiger partial charge is 0.457 e. The molecule has 0 heterocycles. The molecule has 0 aliphatic carbocycles. The van der Waals surface area contributed by atoms with Crippen LogP contribution >= 0.6 is 0 Å². The lowest BCUT2D eigenvalue weighted by Crippen LogP contribution is -2.22. The van der Waals surface area contributed by atoms with Gasteiger partial charge in [-0.3, -0.25) is 4.79 Å². The maximum atomic E-state index is 12.6. The molecule has 1 amide bonds. The molecule has 0 aliphatic heterocycles. The van der Waals surface area contributed by atoms with E-state index in [9.17, 15) is 9.59 Å². The van der Waals surface area contributed by atoms with Crippen LogP contribution in [0.1, 0.15) is 31.9 Å². The molecule has 0 aromatic heterocycles. The zero-order valence-electron chi connectivity index (χ0n) is 21.0. The number of nitrogens with zero attached hydrogens (tertiary/aromatic N) is 1. The van der Waals surface area contributed by atoms with Crippen molar-refractivity contribution in [3.05, 3.63) is 83.9 Å². The summed E-state index contributed by atoms with van der Waals surface area (Å²) in [5, 5.41) is 2.89. The van der Waals surface area contributed by atoms with Crippen LogP contribution in [0.4, 0.5) is 17.1 Å². The summed E-state index contributed by atoms with van der Waals surface area (Å²) in [6.45, 7) is 5.47. The monoisotopic (exact) mass is 471 g/mol. The van der Waals surface area contributed by atoms with Crippen LogP contribution in [0.15, 0.2) is 72.8 Å². The SMILES string of the molecule is CN(C)c1ccc(-c2ccc(NC(=O)Cc3ccc(/C=C/C(=O)OC(C)(C)C)cc3)c(N)c2)cc1. The zero-order valence-corrected chi connectivity index (χ0v) is 21.0. The van der Waals surface area contributed by atoms with Crippen molar-refractivity contribution in [2.45, 2.75) is 32.8 Å². The second-order valence-electron chi connectivity index (χ2n) is 9.58. The Labute approximate surface area is 207 Å². The normalized spacial score (nSPS) is 11.3. The van der Waals surface area contributed by atoms with Crippen molar-refractivity contribution in [1.82, 2.24) is 0 Å². The van der Waals surface area contributed by atoms with Crippen LogP contribution in [0.3, 0.4) is 0 Å². The van der Waals surface area contributed by atoms with Crippen molar-refractivity contribution < 1.29 is 14.3 Å². The molecule has 0 fully saturated rings. The van der Waals surface area contributed by atoms with Gasteiger partial charge in [-0.25, -0.2) is 4.79 Å². The standard InChI is InChI=1S/C29H33N3O3/c1-29(2,3)35-28(34)17-10-20-6-8-21(9-7-20)18-27(33)31-26-16-13-23(19-25(26)30)22-11-14-24(15-12-22)32(4)5/h6-17,19H,18,30H2,1-5H3,(H,31,33)/b17-10+. The maximum absolute atomic E-state index is 12.6. The van der Waals surface area contributed by atoms with Gasteiger partial charge in [0.05, 0.1) is 17.8 Å². The smallest absolute Gasteiger partial charge is 0.331 e. The van der Waals surface area contributed by atoms with E-state index >= 15 is 0 Å². The molecule has 182 valence electrons. The quantitative estimate of drug-likeness (QED) is 0.269. The minimum atomic E-state index is -0.528. The Morgan fingerprint density at radius 2 is 1.57 bits per heavy atom. The molecular formula is C29H33N3O3. The van der Waals surface area contributed by atoms with E-state index < -0.39 is 11.6 Å². The highest BCUT2D eigenvalue weighted by molar-refractivity contribution is 5.96. The van der Waals surface area contributed by atoms with Crippen LogP contribution in [-0.2, 0) is 20.7 Å². The molecule has 0 saturated carbocycles. The molecule has 35 heavy (non-hydrogen) atoms. The number of anilines is 3. The van der Waals surface area contributed by atoms with Crippen molar-refractivity contribution >= 4 is 35.0 Å². The first-order valence-corrected chi connectivity index (χ1v) is 11.5. The molecule has 0 aliphatic rings. The Balaban J connectivity index is 1.58. The Bertz CT molecular complexity index is 1210. The van der Waals surface area contributed by atoms with Gasteiger partial charge in [0.2, 0.25) is 5.91 Å². The molecule has 0 bridgehead atoms. The van der Waals surface area contributed by atoms with E-state index in [1.165, 1.54) is 6.08 Å². The van der Waals surface area contributed by atoms with Crippen LogP contribution < -0.4 is 16.0 Å². The topological polar surface area (TPSA) is 84.7 Å². The molecule has 3 N–H and O–H groups in total. The van der Waals surface area contributed by atoms with Crippen LogP contribution in [0, 0.1) is 0 Å². The second kappa shape index (κ2) is 10.9. The van der Waals surface area contributed by atoms with E-state index in [0.29, 0.717) is 11.4 Å². The number of carbonyl (C=O) groups excluding carboxylic acids is 2. The Morgan fingerprint density at radius 3 is 2.14 bits per heavy atom. The number of rotatable bonds is 7. The molecule has 0 unspecified atom stereocenters. The molecule has 0 atom stereocenters. The number of ether oxygens (including phenoxy) is 1. The first-order chi connectivity index (χ1) is 16.5. The lowest BCUT2D eigenvalue weighted by Gasteiger charge is -2.17. The van der Waals surface area contributed by atoms with Crippen molar-refractivity contribution in [3.63, 3.8) is 0 Å². The molecular weight excluding hydrogens is 438 g/mol. The lowest BCUT2D eigenvalue weighted by atomic mass is 10.0. The highest BCUT2D eigenvalue weighted by Gasteiger charge is 2.14. The number of hydrogen-bond acceptors (Lipinski definition) is 5. The van der Waals surface area contributed by atoms with E-state index in [0.717, 1.165) is 27.9 Å². The summed E-state index contributed by atoms with van der Waals surface area (Å²) in [7, 11) is 4.01. The summed E-state index contributed by atoms with van der Waals surface area (Å²) in [6.07, 6.45) is 3.30. The first kappa shape index (κ1) is 25.6. The van der Waals surface area contributed by atoms with E-state index in [-0.39, 0.29) is 12.3 Å². The average Bonchev–Trinajstić information content (AvgIpc) is 2.79. The predicted molar refractivity (Wildman–Crippen MR) is 144 cm³/mol. The van der Waals surface area contributed by atoms with Gasteiger partial charge in [0.15, 0.2) is 0 Å². The molecule has 0 saturated heterocycles. The highest BCUT2D eigenvalue weighted by atomic mass is 16.6. The third-order valence-electron chi connectivity index (χ3n) is 5.21. The summed E-state index contributed by atoms with van der Waals surface area (Å²) in [4.78, 5) is 26.4. The Hall–Kier alpha value is -4.06. The van der Waals surface area contributed by atoms with Gasteiger partial charge in [0.1, 0.15) is 5.60 Å². The number of nitrogens with two attached hydrogens (primary N) is 1. The van der Waals surface area contributed by atoms with Gasteiger partial charge < -0.3 is 20.7 Å². The van der Waals surface area contributed by atoms with E-state index in [2.05, 4.69) is 29.6 Å². The third kappa shape index (κ3) is 7.74. The number of nitrogen functional groups attached to an aromatic ring is 1. The van der Waals surface area contributed by atoms with Crippen LogP contribution in [0.2, 0.25) is 0 Å². The molecule has 0 spiro atoms. The van der Waals surface area contributed by atoms with Gasteiger partial charge >= 0.3 is 5.97 Å². The second-order valence-corrected chi connectivity index (χ2v) is 9.58. The molecule has 3 rings (SSSR count). The van der Waals surface area contributed by atoms with Gasteiger partial charge in [0.25, 0.3) is 0 Å².